The summed E-state index contributed by atoms with van der Waals surface area (Å²) in [6.07, 6.45) is 6.81. The Balaban J connectivity index is 1.63. The van der Waals surface area contributed by atoms with Gasteiger partial charge >= 0.3 is 5.97 Å². The van der Waals surface area contributed by atoms with E-state index in [1.165, 1.54) is 12.0 Å². The van der Waals surface area contributed by atoms with Gasteiger partial charge in [-0.05, 0) is 31.7 Å². The van der Waals surface area contributed by atoms with Crippen molar-refractivity contribution >= 4 is 23.7 Å². The molecular formula is C35H47N3O8. The average molecular weight is 638 g/mol. The number of carbonyl (C=O) groups is 4. The summed E-state index contributed by atoms with van der Waals surface area (Å²) in [5.41, 5.74) is -0.751. The summed E-state index contributed by atoms with van der Waals surface area (Å²) < 4.78 is 18.3. The molecule has 4 aliphatic rings. The topological polar surface area (TPSA) is 135 Å². The molecular weight excluding hydrogens is 590 g/mol. The van der Waals surface area contributed by atoms with Crippen molar-refractivity contribution in [2.24, 2.45) is 17.8 Å². The highest BCUT2D eigenvalue weighted by atomic mass is 16.6. The van der Waals surface area contributed by atoms with Crippen molar-refractivity contribution in [2.45, 2.75) is 88.9 Å². The van der Waals surface area contributed by atoms with Gasteiger partial charge < -0.3 is 34.4 Å². The van der Waals surface area contributed by atoms with E-state index in [4.69, 9.17) is 14.2 Å². The Kier molecular flexibility index (Phi) is 10.3. The van der Waals surface area contributed by atoms with Crippen molar-refractivity contribution in [3.63, 3.8) is 0 Å². The number of methoxy groups -OCH3 is 1. The molecule has 9 atom stereocenters. The number of fused-ring (bicyclic) bond motifs is 2. The predicted octanol–water partition coefficient (Wildman–Crippen LogP) is 2.55. The fraction of sp³-hybridized carbons (Fsp3) is 0.600. The number of aliphatic hydroxyl groups excluding tert-OH is 1. The minimum atomic E-state index is -1.41. The molecule has 1 aromatic carbocycles. The third-order valence-corrected chi connectivity index (χ3v) is 10.0. The van der Waals surface area contributed by atoms with Crippen molar-refractivity contribution < 1.29 is 38.5 Å². The molecule has 0 saturated carbocycles. The fourth-order valence-electron chi connectivity index (χ4n) is 7.45. The zero-order valence-electron chi connectivity index (χ0n) is 27.3. The van der Waals surface area contributed by atoms with Crippen molar-refractivity contribution in [1.29, 1.82) is 0 Å². The van der Waals surface area contributed by atoms with Crippen molar-refractivity contribution in [3.8, 4) is 0 Å². The van der Waals surface area contributed by atoms with E-state index in [9.17, 15) is 24.3 Å². The molecule has 46 heavy (non-hydrogen) atoms. The SMILES string of the molecule is CC[C@H](C)[C@H](CO)N1C(=O)[C@H]2[C@@H]3C(=O)O[C@H](c4ccccc4)[C@@H](COC)NC(=O)CC/C=C\CN(C(C)C)C(=O)[C@H]1[C@@]21C=C[C@@H]3O1. The lowest BCUT2D eigenvalue weighted by Gasteiger charge is -2.41. The van der Waals surface area contributed by atoms with Gasteiger partial charge in [-0.15, -0.1) is 0 Å². The summed E-state index contributed by atoms with van der Waals surface area (Å²) in [6.45, 7) is 7.71. The molecule has 1 spiro atoms. The third kappa shape index (κ3) is 6.00. The van der Waals surface area contributed by atoms with E-state index in [0.29, 0.717) is 18.4 Å². The number of esters is 1. The molecule has 3 amide bonds. The first-order chi connectivity index (χ1) is 22.1. The number of carbonyl (C=O) groups excluding carboxylic acids is 4. The molecule has 4 heterocycles. The van der Waals surface area contributed by atoms with E-state index in [2.05, 4.69) is 5.32 Å². The molecule has 2 saturated heterocycles. The number of nitrogens with one attached hydrogen (secondary N) is 1. The van der Waals surface area contributed by atoms with Crippen LogP contribution in [0.1, 0.15) is 58.6 Å². The maximum absolute atomic E-state index is 14.6. The van der Waals surface area contributed by atoms with Crippen LogP contribution in [0.25, 0.3) is 0 Å². The third-order valence-electron chi connectivity index (χ3n) is 10.0. The molecule has 0 aliphatic carbocycles. The lowest BCUT2D eigenvalue weighted by atomic mass is 9.74. The lowest BCUT2D eigenvalue weighted by Crippen LogP contribution is -2.60. The summed E-state index contributed by atoms with van der Waals surface area (Å²) in [7, 11) is 1.51. The molecule has 0 unspecified atom stereocenters. The van der Waals surface area contributed by atoms with Crippen LogP contribution >= 0.6 is 0 Å². The van der Waals surface area contributed by atoms with Gasteiger partial charge in [0.15, 0.2) is 0 Å². The normalized spacial score (nSPS) is 33.6. The molecule has 2 N–H and O–H groups in total. The number of allylic oxidation sites excluding steroid dienone is 1. The molecule has 2 fully saturated rings. The molecule has 1 aromatic rings. The van der Waals surface area contributed by atoms with Gasteiger partial charge in [-0.1, -0.05) is 74.9 Å². The highest BCUT2D eigenvalue weighted by Gasteiger charge is 2.74. The number of benzene rings is 1. The summed E-state index contributed by atoms with van der Waals surface area (Å²) in [5.74, 6) is -3.83. The smallest absolute Gasteiger partial charge is 0.313 e. The Morgan fingerprint density at radius 1 is 1.09 bits per heavy atom. The van der Waals surface area contributed by atoms with E-state index in [-0.39, 0.29) is 50.0 Å². The van der Waals surface area contributed by atoms with Gasteiger partial charge in [-0.2, -0.15) is 0 Å². The molecule has 0 radical (unpaired) electrons. The van der Waals surface area contributed by atoms with Crippen LogP contribution in [-0.4, -0.2) is 101 Å². The average Bonchev–Trinajstić information content (AvgIpc) is 3.68. The van der Waals surface area contributed by atoms with Gasteiger partial charge in [-0.25, -0.2) is 0 Å². The van der Waals surface area contributed by atoms with Gasteiger partial charge in [0.05, 0.1) is 37.3 Å². The van der Waals surface area contributed by atoms with E-state index < -0.39 is 59.6 Å². The van der Waals surface area contributed by atoms with Crippen LogP contribution in [0, 0.1) is 17.8 Å². The van der Waals surface area contributed by atoms with Crippen molar-refractivity contribution in [3.05, 3.63) is 60.2 Å². The maximum Gasteiger partial charge on any atom is 0.313 e. The van der Waals surface area contributed by atoms with Crippen LogP contribution in [0.4, 0.5) is 0 Å². The highest BCUT2D eigenvalue weighted by Crippen LogP contribution is 2.56. The summed E-state index contributed by atoms with van der Waals surface area (Å²) in [4.78, 5) is 59.8. The molecule has 0 aromatic heterocycles. The quantitative estimate of drug-likeness (QED) is 0.328. The Morgan fingerprint density at radius 3 is 2.48 bits per heavy atom. The van der Waals surface area contributed by atoms with Gasteiger partial charge in [0.2, 0.25) is 17.7 Å². The number of nitrogens with zero attached hydrogens (tertiary/aromatic N) is 2. The number of amides is 3. The standard InChI is InChI=1S/C35H47N3O8/c1-6-22(4)25(19-39)38-31-33(42)37(21(2)3)18-12-8-11-15-27(40)36-24(20-44-5)30(23-13-9-7-10-14-23)45-34(43)28-26-16-17-35(31,46-26)29(28)32(38)41/h7-10,12-14,16-17,21-22,24-26,28-31,39H,6,11,15,18-20H2,1-5H3,(H,36,40)/b12-8-/t22-,24+,25-,26-,28+,29+,30+,31-,35+/m0/s1. The monoisotopic (exact) mass is 637 g/mol. The largest absolute Gasteiger partial charge is 0.455 e. The molecule has 11 heteroatoms. The first kappa shape index (κ1) is 33.8. The van der Waals surface area contributed by atoms with Crippen molar-refractivity contribution in [2.75, 3.05) is 26.9 Å². The van der Waals surface area contributed by atoms with Crippen LogP contribution in [0.15, 0.2) is 54.6 Å². The van der Waals surface area contributed by atoms with Gasteiger partial charge in [-0.3, -0.25) is 19.2 Å². The van der Waals surface area contributed by atoms with Gasteiger partial charge in [0, 0.05) is 26.1 Å². The zero-order valence-corrected chi connectivity index (χ0v) is 27.3. The number of rotatable bonds is 8. The van der Waals surface area contributed by atoms with Crippen LogP contribution < -0.4 is 5.32 Å². The van der Waals surface area contributed by atoms with Crippen molar-refractivity contribution in [1.82, 2.24) is 15.1 Å². The number of hydrogen-bond acceptors (Lipinski definition) is 8. The first-order valence-corrected chi connectivity index (χ1v) is 16.4. The number of likely N-dealkylation sites (tertiary alicyclic amines) is 1. The van der Waals surface area contributed by atoms with Crippen LogP contribution in [0.2, 0.25) is 0 Å². The molecule has 5 bridgehead atoms. The number of ether oxygens (including phenoxy) is 3. The Bertz CT molecular complexity index is 1350. The minimum Gasteiger partial charge on any atom is -0.455 e. The van der Waals surface area contributed by atoms with Crippen LogP contribution in [-0.2, 0) is 33.4 Å². The van der Waals surface area contributed by atoms with E-state index in [0.717, 1.165) is 0 Å². The Morgan fingerprint density at radius 2 is 1.83 bits per heavy atom. The van der Waals surface area contributed by atoms with Gasteiger partial charge in [0.1, 0.15) is 23.7 Å². The number of aliphatic hydroxyl groups is 1. The number of cyclic esters (lactones) is 1. The van der Waals surface area contributed by atoms with Gasteiger partial charge in [0.25, 0.3) is 0 Å². The minimum absolute atomic E-state index is 0.0754. The van der Waals surface area contributed by atoms with Crippen LogP contribution in [0.5, 0.6) is 0 Å². The van der Waals surface area contributed by atoms with E-state index in [1.54, 1.807) is 17.1 Å². The van der Waals surface area contributed by atoms with Crippen LogP contribution in [0.3, 0.4) is 0 Å². The molecule has 5 rings (SSSR count). The highest BCUT2D eigenvalue weighted by molar-refractivity contribution is 5.99. The summed E-state index contributed by atoms with van der Waals surface area (Å²) >= 11 is 0. The second-order valence-electron chi connectivity index (χ2n) is 13.1. The summed E-state index contributed by atoms with van der Waals surface area (Å²) in [5, 5.41) is 13.6. The summed E-state index contributed by atoms with van der Waals surface area (Å²) in [6, 6.07) is 6.42. The Labute approximate surface area is 270 Å². The second kappa shape index (κ2) is 14.1. The molecule has 250 valence electrons. The number of hydrogen-bond donors (Lipinski definition) is 2. The first-order valence-electron chi connectivity index (χ1n) is 16.4. The zero-order chi connectivity index (χ0) is 33.2. The predicted molar refractivity (Wildman–Crippen MR) is 169 cm³/mol. The van der Waals surface area contributed by atoms with E-state index >= 15 is 0 Å². The Hall–Kier alpha value is -3.54. The fourth-order valence-corrected chi connectivity index (χ4v) is 7.45. The van der Waals surface area contributed by atoms with E-state index in [1.807, 2.05) is 70.2 Å². The maximum atomic E-state index is 14.6. The molecule has 11 nitrogen and oxygen atoms in total. The second-order valence-corrected chi connectivity index (χ2v) is 13.1. The lowest BCUT2D eigenvalue weighted by molar-refractivity contribution is -0.163. The molecule has 4 aliphatic heterocycles.